The third-order valence-electron chi connectivity index (χ3n) is 7.04. The van der Waals surface area contributed by atoms with Crippen LogP contribution in [0.5, 0.6) is 5.75 Å². The molecule has 5 unspecified atom stereocenters. The van der Waals surface area contributed by atoms with Crippen molar-refractivity contribution >= 4 is 29.7 Å². The van der Waals surface area contributed by atoms with Gasteiger partial charge in [-0.25, -0.2) is 4.79 Å². The lowest BCUT2D eigenvalue weighted by atomic mass is 9.98. The topological polar surface area (TPSA) is 235 Å². The molecule has 2 aromatic rings. The van der Waals surface area contributed by atoms with E-state index in [2.05, 4.69) is 20.9 Å². The van der Waals surface area contributed by atoms with Crippen molar-refractivity contribution in [2.75, 3.05) is 6.54 Å². The molecule has 2 aromatic carbocycles. The van der Waals surface area contributed by atoms with Crippen LogP contribution in [0.3, 0.4) is 0 Å². The van der Waals surface area contributed by atoms with E-state index in [0.29, 0.717) is 18.4 Å². The average molecular weight is 598 g/mol. The first-order valence-electron chi connectivity index (χ1n) is 14.2. The summed E-state index contributed by atoms with van der Waals surface area (Å²) in [5.41, 5.74) is 18.2. The first-order chi connectivity index (χ1) is 20.4. The molecule has 0 aromatic heterocycles. The Hall–Kier alpha value is -4.65. The molecule has 13 nitrogen and oxygen atoms in total. The Morgan fingerprint density at radius 3 is 1.93 bits per heavy atom. The van der Waals surface area contributed by atoms with Gasteiger partial charge in [0, 0.05) is 19.4 Å². The molecule has 0 radical (unpaired) electrons. The Kier molecular flexibility index (Phi) is 13.9. The van der Waals surface area contributed by atoms with Crippen molar-refractivity contribution in [2.45, 2.75) is 70.1 Å². The number of nitrogens with zero attached hydrogens (tertiary/aromatic N) is 1. The first-order valence-corrected chi connectivity index (χ1v) is 14.2. The second-order valence-electron chi connectivity index (χ2n) is 10.4. The highest BCUT2D eigenvalue weighted by Crippen LogP contribution is 2.13. The number of amides is 3. The number of hydrogen-bond donors (Lipinski definition) is 8. The molecule has 5 atom stereocenters. The number of aromatic hydroxyl groups is 1. The number of carbonyl (C=O) groups excluding carboxylic acids is 3. The third-order valence-corrected chi connectivity index (χ3v) is 7.04. The van der Waals surface area contributed by atoms with Crippen LogP contribution in [0.25, 0.3) is 0 Å². The minimum atomic E-state index is -1.32. The van der Waals surface area contributed by atoms with Crippen molar-refractivity contribution in [3.8, 4) is 5.75 Å². The fraction of sp³-hybridized carbons (Fsp3) is 0.433. The zero-order valence-electron chi connectivity index (χ0n) is 24.5. The van der Waals surface area contributed by atoms with E-state index < -0.39 is 47.9 Å². The number of aliphatic carboxylic acids is 1. The summed E-state index contributed by atoms with van der Waals surface area (Å²) in [6, 6.07) is 10.6. The Labute approximate surface area is 251 Å². The van der Waals surface area contributed by atoms with E-state index in [-0.39, 0.29) is 43.4 Å². The van der Waals surface area contributed by atoms with Crippen LogP contribution in [0.1, 0.15) is 44.2 Å². The molecule has 13 heteroatoms. The number of hydrogen-bond acceptors (Lipinski definition) is 7. The van der Waals surface area contributed by atoms with E-state index >= 15 is 0 Å². The minimum Gasteiger partial charge on any atom is -0.508 e. The van der Waals surface area contributed by atoms with Crippen molar-refractivity contribution < 1.29 is 29.4 Å². The van der Waals surface area contributed by atoms with Crippen molar-refractivity contribution in [3.63, 3.8) is 0 Å². The van der Waals surface area contributed by atoms with E-state index in [0.717, 1.165) is 5.56 Å². The lowest BCUT2D eigenvalue weighted by Gasteiger charge is -2.26. The molecule has 2 rings (SSSR count). The largest absolute Gasteiger partial charge is 0.508 e. The highest BCUT2D eigenvalue weighted by atomic mass is 16.4. The summed E-state index contributed by atoms with van der Waals surface area (Å²) >= 11 is 0. The quantitative estimate of drug-likeness (QED) is 0.0702. The third kappa shape index (κ3) is 12.0. The molecule has 0 saturated heterocycles. The molecule has 0 heterocycles. The lowest BCUT2D eigenvalue weighted by Crippen LogP contribution is -2.58. The second-order valence-corrected chi connectivity index (χ2v) is 10.4. The van der Waals surface area contributed by atoms with Crippen molar-refractivity contribution in [3.05, 3.63) is 65.7 Å². The van der Waals surface area contributed by atoms with E-state index in [4.69, 9.17) is 17.2 Å². The van der Waals surface area contributed by atoms with Gasteiger partial charge in [0.1, 0.15) is 23.9 Å². The Morgan fingerprint density at radius 1 is 0.814 bits per heavy atom. The molecule has 0 fully saturated rings. The molecule has 43 heavy (non-hydrogen) atoms. The van der Waals surface area contributed by atoms with Gasteiger partial charge in [0.25, 0.3) is 0 Å². The lowest BCUT2D eigenvalue weighted by molar-refractivity contribution is -0.142. The van der Waals surface area contributed by atoms with E-state index in [1.807, 2.05) is 19.9 Å². The molecule has 0 spiro atoms. The molecular weight excluding hydrogens is 554 g/mol. The van der Waals surface area contributed by atoms with Gasteiger partial charge in [-0.05, 0) is 42.0 Å². The molecule has 0 saturated carbocycles. The maximum absolute atomic E-state index is 13.6. The normalized spacial score (nSPS) is 14.3. The van der Waals surface area contributed by atoms with Gasteiger partial charge >= 0.3 is 5.97 Å². The van der Waals surface area contributed by atoms with Crippen LogP contribution in [-0.4, -0.2) is 70.6 Å². The van der Waals surface area contributed by atoms with Crippen LogP contribution >= 0.6 is 0 Å². The molecule has 0 aliphatic carbocycles. The highest BCUT2D eigenvalue weighted by Gasteiger charge is 2.31. The molecular formula is C30H43N7O6. The second kappa shape index (κ2) is 17.3. The number of benzene rings is 2. The summed E-state index contributed by atoms with van der Waals surface area (Å²) in [7, 11) is 0. The number of nitrogens with two attached hydrogens (primary N) is 3. The summed E-state index contributed by atoms with van der Waals surface area (Å²) < 4.78 is 0. The number of aliphatic imine (C=N–C) groups is 1. The molecule has 0 bridgehead atoms. The van der Waals surface area contributed by atoms with Crippen LogP contribution in [0.2, 0.25) is 0 Å². The summed E-state index contributed by atoms with van der Waals surface area (Å²) in [4.78, 5) is 55.8. The fourth-order valence-electron chi connectivity index (χ4n) is 4.22. The Morgan fingerprint density at radius 2 is 1.35 bits per heavy atom. The predicted molar refractivity (Wildman–Crippen MR) is 163 cm³/mol. The number of phenols is 1. The van der Waals surface area contributed by atoms with Crippen LogP contribution in [0, 0.1) is 5.92 Å². The monoisotopic (exact) mass is 597 g/mol. The van der Waals surface area contributed by atoms with Gasteiger partial charge in [0.05, 0.1) is 6.04 Å². The Balaban J connectivity index is 2.27. The van der Waals surface area contributed by atoms with E-state index in [9.17, 15) is 29.4 Å². The Bertz CT molecular complexity index is 1240. The molecule has 3 amide bonds. The number of rotatable bonds is 17. The maximum atomic E-state index is 13.6. The number of guanidine groups is 1. The van der Waals surface area contributed by atoms with Crippen LogP contribution in [0.4, 0.5) is 0 Å². The smallest absolute Gasteiger partial charge is 0.326 e. The SMILES string of the molecule is CCC(C)C(N)C(=O)NC(Cc1ccccc1)C(=O)NC(CCCN=C(N)N)C(=O)NC(Cc1ccc(O)cc1)C(=O)O. The molecule has 234 valence electrons. The zero-order valence-corrected chi connectivity index (χ0v) is 24.5. The number of nitrogens with one attached hydrogen (secondary N) is 3. The number of carbonyl (C=O) groups is 4. The van der Waals surface area contributed by atoms with Gasteiger partial charge in [0.15, 0.2) is 5.96 Å². The van der Waals surface area contributed by atoms with Crippen molar-refractivity contribution in [1.29, 1.82) is 0 Å². The van der Waals surface area contributed by atoms with Crippen LogP contribution in [-0.2, 0) is 32.0 Å². The van der Waals surface area contributed by atoms with Gasteiger partial charge in [-0.3, -0.25) is 19.4 Å². The van der Waals surface area contributed by atoms with Crippen LogP contribution < -0.4 is 33.2 Å². The van der Waals surface area contributed by atoms with Crippen molar-refractivity contribution in [1.82, 2.24) is 16.0 Å². The molecule has 0 aliphatic rings. The standard InChI is InChI=1S/C30H43N7O6/c1-3-18(2)25(31)28(41)36-23(16-19-8-5-4-6-9-19)27(40)35-22(10-7-15-34-30(32)33)26(39)37-24(29(42)43)17-20-11-13-21(38)14-12-20/h4-6,8-9,11-14,18,22-25,38H,3,7,10,15-17,31H2,1-2H3,(H,35,40)(H,36,41)(H,37,39)(H,42,43)(H4,32,33,34). The van der Waals surface area contributed by atoms with E-state index in [1.54, 1.807) is 36.4 Å². The maximum Gasteiger partial charge on any atom is 0.326 e. The number of carboxylic acid groups (broad SMARTS) is 1. The minimum absolute atomic E-state index is 0.0190. The van der Waals surface area contributed by atoms with Gasteiger partial charge < -0.3 is 43.4 Å². The van der Waals surface area contributed by atoms with E-state index in [1.165, 1.54) is 12.1 Å². The average Bonchev–Trinajstić information content (AvgIpc) is 2.98. The fourth-order valence-corrected chi connectivity index (χ4v) is 4.22. The van der Waals surface area contributed by atoms with Crippen LogP contribution in [0.15, 0.2) is 59.6 Å². The van der Waals surface area contributed by atoms with Gasteiger partial charge in [0.2, 0.25) is 17.7 Å². The highest BCUT2D eigenvalue weighted by molar-refractivity contribution is 5.94. The summed E-state index contributed by atoms with van der Waals surface area (Å²) in [6.07, 6.45) is 1.11. The van der Waals surface area contributed by atoms with Crippen molar-refractivity contribution in [2.24, 2.45) is 28.1 Å². The number of phenolic OH excluding ortho intramolecular Hbond substituents is 1. The summed E-state index contributed by atoms with van der Waals surface area (Å²) in [5, 5.41) is 27.2. The summed E-state index contributed by atoms with van der Waals surface area (Å²) in [5.74, 6) is -3.39. The van der Waals surface area contributed by atoms with Gasteiger partial charge in [-0.1, -0.05) is 62.7 Å². The molecule has 0 aliphatic heterocycles. The zero-order chi connectivity index (χ0) is 31.9. The molecule has 11 N–H and O–H groups in total. The van der Waals surface area contributed by atoms with Gasteiger partial charge in [-0.15, -0.1) is 0 Å². The first kappa shape index (κ1) is 34.6. The summed E-state index contributed by atoms with van der Waals surface area (Å²) in [6.45, 7) is 3.92. The van der Waals surface area contributed by atoms with Gasteiger partial charge in [-0.2, -0.15) is 0 Å². The number of carboxylic acids is 1. The predicted octanol–water partition coefficient (Wildman–Crippen LogP) is 0.143.